The van der Waals surface area contributed by atoms with E-state index in [1.165, 1.54) is 42.2 Å². The number of benzene rings is 1. The second-order valence-corrected chi connectivity index (χ2v) is 6.29. The van der Waals surface area contributed by atoms with Crippen LogP contribution in [0.1, 0.15) is 42.4 Å². The van der Waals surface area contributed by atoms with Crippen molar-refractivity contribution in [2.45, 2.75) is 52.1 Å². The average molecular weight is 289 g/mol. The molecule has 0 saturated heterocycles. The van der Waals surface area contributed by atoms with Gasteiger partial charge in [-0.15, -0.1) is 0 Å². The quantitative estimate of drug-likeness (QED) is 0.839. The molecule has 0 aliphatic heterocycles. The van der Waals surface area contributed by atoms with Crippen LogP contribution < -0.4 is 5.32 Å². The van der Waals surface area contributed by atoms with Gasteiger partial charge in [0.1, 0.15) is 5.15 Å². The Kier molecular flexibility index (Phi) is 3.95. The Bertz CT molecular complexity index is 630. The molecule has 1 heterocycles. The Balaban J connectivity index is 1.86. The first kappa shape index (κ1) is 13.8. The molecule has 1 aromatic carbocycles. The largest absolute Gasteiger partial charge is 0.310 e. The highest BCUT2D eigenvalue weighted by Gasteiger charge is 2.15. The Morgan fingerprint density at radius 1 is 1.15 bits per heavy atom. The monoisotopic (exact) mass is 288 g/mol. The van der Waals surface area contributed by atoms with Crippen molar-refractivity contribution in [1.29, 1.82) is 0 Å². The Morgan fingerprint density at radius 3 is 2.60 bits per heavy atom. The highest BCUT2D eigenvalue weighted by Crippen LogP contribution is 2.24. The number of nitrogens with one attached hydrogen (secondary N) is 1. The van der Waals surface area contributed by atoms with Gasteiger partial charge in [-0.2, -0.15) is 0 Å². The van der Waals surface area contributed by atoms with Crippen molar-refractivity contribution in [2.75, 3.05) is 0 Å². The minimum Gasteiger partial charge on any atom is -0.310 e. The maximum absolute atomic E-state index is 6.33. The summed E-state index contributed by atoms with van der Waals surface area (Å²) < 4.78 is 0. The first-order valence-electron chi connectivity index (χ1n) is 7.43. The first-order chi connectivity index (χ1) is 9.63. The Labute approximate surface area is 125 Å². The summed E-state index contributed by atoms with van der Waals surface area (Å²) >= 11 is 6.33. The van der Waals surface area contributed by atoms with E-state index in [2.05, 4.69) is 42.3 Å². The summed E-state index contributed by atoms with van der Waals surface area (Å²) in [6, 6.07) is 7.15. The van der Waals surface area contributed by atoms with Gasteiger partial charge in [-0.05, 0) is 56.0 Å². The number of fused-ring (bicyclic) bond motifs is 1. The van der Waals surface area contributed by atoms with E-state index < -0.39 is 0 Å². The van der Waals surface area contributed by atoms with Crippen molar-refractivity contribution in [2.24, 2.45) is 0 Å². The van der Waals surface area contributed by atoms with Crippen LogP contribution in [0.2, 0.25) is 5.15 Å². The summed E-state index contributed by atoms with van der Waals surface area (Å²) in [6.45, 7) is 5.07. The molecule has 106 valence electrons. The van der Waals surface area contributed by atoms with E-state index in [9.17, 15) is 0 Å². The van der Waals surface area contributed by atoms with Crippen molar-refractivity contribution < 1.29 is 0 Å². The first-order valence-corrected chi connectivity index (χ1v) is 7.81. The Morgan fingerprint density at radius 2 is 1.85 bits per heavy atom. The molecule has 3 rings (SSSR count). The number of hydrogen-bond acceptors (Lipinski definition) is 2. The smallest absolute Gasteiger partial charge is 0.134 e. The van der Waals surface area contributed by atoms with Crippen LogP contribution in [0.3, 0.4) is 0 Å². The molecule has 0 bridgehead atoms. The van der Waals surface area contributed by atoms with Gasteiger partial charge < -0.3 is 5.32 Å². The summed E-state index contributed by atoms with van der Waals surface area (Å²) in [4.78, 5) is 4.55. The van der Waals surface area contributed by atoms with Crippen LogP contribution in [0, 0.1) is 13.8 Å². The van der Waals surface area contributed by atoms with Gasteiger partial charge in [0.05, 0.1) is 5.52 Å². The van der Waals surface area contributed by atoms with Gasteiger partial charge in [0.2, 0.25) is 0 Å². The van der Waals surface area contributed by atoms with Crippen LogP contribution in [-0.2, 0) is 6.54 Å². The minimum atomic E-state index is 0.631. The van der Waals surface area contributed by atoms with Gasteiger partial charge in [-0.3, -0.25) is 0 Å². The van der Waals surface area contributed by atoms with Gasteiger partial charge in [0, 0.05) is 23.5 Å². The predicted molar refractivity (Wildman–Crippen MR) is 85.3 cm³/mol. The fourth-order valence-electron chi connectivity index (χ4n) is 2.97. The SMILES string of the molecule is Cc1cc2cc(CNC3CCCC3)c(Cl)nc2cc1C. The van der Waals surface area contributed by atoms with E-state index in [0.29, 0.717) is 11.2 Å². The number of aromatic nitrogens is 1. The minimum absolute atomic E-state index is 0.631. The van der Waals surface area contributed by atoms with Crippen LogP contribution in [0.15, 0.2) is 18.2 Å². The topological polar surface area (TPSA) is 24.9 Å². The molecule has 1 aromatic heterocycles. The van der Waals surface area contributed by atoms with Crippen molar-refractivity contribution >= 4 is 22.5 Å². The fourth-order valence-corrected chi connectivity index (χ4v) is 3.18. The summed E-state index contributed by atoms with van der Waals surface area (Å²) in [5, 5.41) is 5.42. The van der Waals surface area contributed by atoms with Crippen LogP contribution in [0.4, 0.5) is 0 Å². The van der Waals surface area contributed by atoms with E-state index in [1.807, 2.05) is 0 Å². The molecule has 1 saturated carbocycles. The number of aryl methyl sites for hydroxylation is 2. The molecular weight excluding hydrogens is 268 g/mol. The lowest BCUT2D eigenvalue weighted by Crippen LogP contribution is -2.25. The summed E-state index contributed by atoms with van der Waals surface area (Å²) in [7, 11) is 0. The second-order valence-electron chi connectivity index (χ2n) is 5.93. The molecule has 20 heavy (non-hydrogen) atoms. The molecule has 1 aliphatic carbocycles. The summed E-state index contributed by atoms with van der Waals surface area (Å²) in [5.74, 6) is 0. The zero-order valence-corrected chi connectivity index (χ0v) is 12.9. The third-order valence-corrected chi connectivity index (χ3v) is 4.72. The molecule has 0 atom stereocenters. The molecule has 1 aliphatic rings. The van der Waals surface area contributed by atoms with E-state index in [0.717, 1.165) is 17.6 Å². The molecule has 2 aromatic rings. The number of pyridine rings is 1. The third kappa shape index (κ3) is 2.82. The van der Waals surface area contributed by atoms with Gasteiger partial charge in [-0.25, -0.2) is 4.98 Å². The zero-order valence-electron chi connectivity index (χ0n) is 12.2. The van der Waals surface area contributed by atoms with Crippen molar-refractivity contribution in [3.05, 3.63) is 40.0 Å². The van der Waals surface area contributed by atoms with E-state index in [1.54, 1.807) is 0 Å². The molecule has 0 unspecified atom stereocenters. The fraction of sp³-hybridized carbons (Fsp3) is 0.471. The molecule has 2 nitrogen and oxygen atoms in total. The normalized spacial score (nSPS) is 16.1. The zero-order chi connectivity index (χ0) is 14.1. The molecule has 0 radical (unpaired) electrons. The third-order valence-electron chi connectivity index (χ3n) is 4.39. The highest BCUT2D eigenvalue weighted by atomic mass is 35.5. The second kappa shape index (κ2) is 5.71. The molecule has 0 amide bonds. The van der Waals surface area contributed by atoms with Gasteiger partial charge >= 0.3 is 0 Å². The molecule has 3 heteroatoms. The maximum atomic E-state index is 6.33. The lowest BCUT2D eigenvalue weighted by Gasteiger charge is -2.13. The number of halogens is 1. The number of hydrogen-bond donors (Lipinski definition) is 1. The van der Waals surface area contributed by atoms with Crippen LogP contribution in [0.5, 0.6) is 0 Å². The number of rotatable bonds is 3. The van der Waals surface area contributed by atoms with Gasteiger partial charge in [0.25, 0.3) is 0 Å². The molecule has 0 spiro atoms. The average Bonchev–Trinajstić information content (AvgIpc) is 2.92. The molecule has 1 fully saturated rings. The van der Waals surface area contributed by atoms with Crippen LogP contribution >= 0.6 is 11.6 Å². The van der Waals surface area contributed by atoms with Crippen molar-refractivity contribution in [1.82, 2.24) is 10.3 Å². The van der Waals surface area contributed by atoms with Crippen molar-refractivity contribution in [3.8, 4) is 0 Å². The van der Waals surface area contributed by atoms with Crippen LogP contribution in [0.25, 0.3) is 10.9 Å². The van der Waals surface area contributed by atoms with E-state index in [-0.39, 0.29) is 0 Å². The molecular formula is C17H21ClN2. The van der Waals surface area contributed by atoms with E-state index in [4.69, 9.17) is 11.6 Å². The lowest BCUT2D eigenvalue weighted by molar-refractivity contribution is 0.524. The van der Waals surface area contributed by atoms with Crippen LogP contribution in [-0.4, -0.2) is 11.0 Å². The number of nitrogens with zero attached hydrogens (tertiary/aromatic N) is 1. The van der Waals surface area contributed by atoms with Crippen molar-refractivity contribution in [3.63, 3.8) is 0 Å². The molecule has 1 N–H and O–H groups in total. The van der Waals surface area contributed by atoms with Gasteiger partial charge in [0.15, 0.2) is 0 Å². The van der Waals surface area contributed by atoms with Gasteiger partial charge in [-0.1, -0.05) is 24.4 Å². The predicted octanol–water partition coefficient (Wildman–Crippen LogP) is 4.54. The Hall–Kier alpha value is -1.12. The highest BCUT2D eigenvalue weighted by molar-refractivity contribution is 6.30. The lowest BCUT2D eigenvalue weighted by atomic mass is 10.0. The maximum Gasteiger partial charge on any atom is 0.134 e. The summed E-state index contributed by atoms with van der Waals surface area (Å²) in [5.41, 5.74) is 4.66. The standard InChI is InChI=1S/C17H21ClN2/c1-11-7-13-9-14(10-19-15-5-3-4-6-15)17(18)20-16(13)8-12(11)2/h7-9,15,19H,3-6,10H2,1-2H3. The van der Waals surface area contributed by atoms with E-state index >= 15 is 0 Å². The summed E-state index contributed by atoms with van der Waals surface area (Å²) in [6.07, 6.45) is 5.27.